The van der Waals surface area contributed by atoms with Crippen molar-refractivity contribution in [3.8, 4) is 0 Å². The maximum absolute atomic E-state index is 11.9. The molecule has 2 rings (SSSR count). The summed E-state index contributed by atoms with van der Waals surface area (Å²) in [4.78, 5) is 11.9. The van der Waals surface area contributed by atoms with Crippen molar-refractivity contribution in [2.75, 3.05) is 0 Å². The van der Waals surface area contributed by atoms with Gasteiger partial charge in [0.05, 0.1) is 10.6 Å². The number of rotatable bonds is 4. The smallest absolute Gasteiger partial charge is 0.267 e. The number of carbonyl (C=O) groups is 1. The highest BCUT2D eigenvalue weighted by molar-refractivity contribution is 6.33. The third-order valence-corrected chi connectivity index (χ3v) is 3.24. The van der Waals surface area contributed by atoms with Crippen molar-refractivity contribution in [2.45, 2.75) is 12.8 Å². The van der Waals surface area contributed by atoms with Gasteiger partial charge in [-0.25, -0.2) is 5.43 Å². The minimum atomic E-state index is -0.313. The van der Waals surface area contributed by atoms with Gasteiger partial charge < -0.3 is 0 Å². The molecular weight excluding hydrogens is 272 g/mol. The number of amides is 1. The summed E-state index contributed by atoms with van der Waals surface area (Å²) in [5.74, 6) is -0.185. The highest BCUT2D eigenvalue weighted by Gasteiger charge is 2.08. The van der Waals surface area contributed by atoms with Gasteiger partial charge in [-0.2, -0.15) is 5.10 Å². The second-order valence-electron chi connectivity index (χ2n) is 4.40. The summed E-state index contributed by atoms with van der Waals surface area (Å²) in [7, 11) is 0. The molecule has 0 saturated heterocycles. The number of hydrazone groups is 1. The molecule has 1 atom stereocenters. The van der Waals surface area contributed by atoms with E-state index < -0.39 is 0 Å². The van der Waals surface area contributed by atoms with E-state index in [1.54, 1.807) is 30.5 Å². The third kappa shape index (κ3) is 3.68. The topological polar surface area (TPSA) is 41.5 Å². The van der Waals surface area contributed by atoms with E-state index in [-0.39, 0.29) is 11.8 Å². The molecule has 2 aromatic rings. The van der Waals surface area contributed by atoms with Crippen LogP contribution < -0.4 is 5.43 Å². The van der Waals surface area contributed by atoms with Crippen LogP contribution in [0.1, 0.15) is 28.8 Å². The Morgan fingerprint density at radius 1 is 1.15 bits per heavy atom. The molecule has 0 bridgehead atoms. The van der Waals surface area contributed by atoms with Gasteiger partial charge in [0, 0.05) is 12.1 Å². The summed E-state index contributed by atoms with van der Waals surface area (Å²) in [6.45, 7) is 2.01. The average molecular weight is 287 g/mol. The van der Waals surface area contributed by atoms with Gasteiger partial charge in [0.1, 0.15) is 0 Å². The van der Waals surface area contributed by atoms with Crippen LogP contribution in [0.5, 0.6) is 0 Å². The van der Waals surface area contributed by atoms with Crippen molar-refractivity contribution in [1.82, 2.24) is 5.43 Å². The second-order valence-corrected chi connectivity index (χ2v) is 4.81. The Morgan fingerprint density at radius 2 is 1.80 bits per heavy atom. The van der Waals surface area contributed by atoms with Gasteiger partial charge in [-0.05, 0) is 17.7 Å². The van der Waals surface area contributed by atoms with Crippen LogP contribution in [0.4, 0.5) is 0 Å². The first-order chi connectivity index (χ1) is 9.68. The zero-order valence-electron chi connectivity index (χ0n) is 11.1. The molecule has 0 unspecified atom stereocenters. The SMILES string of the molecule is C[C@@H](/C=N/NC(=O)c1ccccc1Cl)c1ccccc1. The molecule has 3 nitrogen and oxygen atoms in total. The van der Waals surface area contributed by atoms with Gasteiger partial charge >= 0.3 is 0 Å². The lowest BCUT2D eigenvalue weighted by Gasteiger charge is -2.06. The van der Waals surface area contributed by atoms with Crippen LogP contribution in [0.25, 0.3) is 0 Å². The van der Waals surface area contributed by atoms with Crippen LogP contribution in [-0.4, -0.2) is 12.1 Å². The molecule has 0 aliphatic rings. The molecule has 1 N–H and O–H groups in total. The summed E-state index contributed by atoms with van der Waals surface area (Å²) in [6, 6.07) is 16.8. The molecule has 4 heteroatoms. The Hall–Kier alpha value is -2.13. The van der Waals surface area contributed by atoms with Gasteiger partial charge in [-0.15, -0.1) is 0 Å². The van der Waals surface area contributed by atoms with Crippen molar-refractivity contribution in [3.05, 3.63) is 70.7 Å². The number of benzene rings is 2. The van der Waals surface area contributed by atoms with E-state index in [4.69, 9.17) is 11.6 Å². The first-order valence-electron chi connectivity index (χ1n) is 6.31. The van der Waals surface area contributed by atoms with E-state index in [0.29, 0.717) is 10.6 Å². The van der Waals surface area contributed by atoms with E-state index in [1.165, 1.54) is 0 Å². The zero-order valence-corrected chi connectivity index (χ0v) is 11.8. The number of carbonyl (C=O) groups excluding carboxylic acids is 1. The van der Waals surface area contributed by atoms with Crippen LogP contribution in [0.2, 0.25) is 5.02 Å². The summed E-state index contributed by atoms with van der Waals surface area (Å²) in [6.07, 6.45) is 1.70. The molecule has 102 valence electrons. The lowest BCUT2D eigenvalue weighted by molar-refractivity contribution is 0.0955. The lowest BCUT2D eigenvalue weighted by Crippen LogP contribution is -2.18. The zero-order chi connectivity index (χ0) is 14.4. The Morgan fingerprint density at radius 3 is 2.50 bits per heavy atom. The minimum Gasteiger partial charge on any atom is -0.267 e. The molecule has 0 aromatic heterocycles. The van der Waals surface area contributed by atoms with Gasteiger partial charge in [0.25, 0.3) is 5.91 Å². The summed E-state index contributed by atoms with van der Waals surface area (Å²) in [5.41, 5.74) is 4.04. The highest BCUT2D eigenvalue weighted by Crippen LogP contribution is 2.14. The fraction of sp³-hybridized carbons (Fsp3) is 0.125. The predicted octanol–water partition coefficient (Wildman–Crippen LogP) is 3.86. The van der Waals surface area contributed by atoms with Gasteiger partial charge in [-0.3, -0.25) is 4.79 Å². The lowest BCUT2D eigenvalue weighted by atomic mass is 10.0. The number of halogens is 1. The van der Waals surface area contributed by atoms with E-state index in [2.05, 4.69) is 10.5 Å². The molecule has 0 spiro atoms. The number of nitrogens with one attached hydrogen (secondary N) is 1. The molecule has 0 aliphatic carbocycles. The molecule has 2 aromatic carbocycles. The Balaban J connectivity index is 1.97. The average Bonchev–Trinajstić information content (AvgIpc) is 2.48. The van der Waals surface area contributed by atoms with Crippen LogP contribution in [-0.2, 0) is 0 Å². The molecule has 20 heavy (non-hydrogen) atoms. The van der Waals surface area contributed by atoms with Crippen LogP contribution in [0.3, 0.4) is 0 Å². The second kappa shape index (κ2) is 6.87. The van der Waals surface area contributed by atoms with Crippen LogP contribution in [0.15, 0.2) is 59.7 Å². The molecule has 0 aliphatic heterocycles. The molecule has 0 fully saturated rings. The Bertz CT molecular complexity index is 611. The maximum atomic E-state index is 11.9. The highest BCUT2D eigenvalue weighted by atomic mass is 35.5. The molecule has 0 heterocycles. The number of hydrogen-bond donors (Lipinski definition) is 1. The van der Waals surface area contributed by atoms with Crippen molar-refractivity contribution >= 4 is 23.7 Å². The first-order valence-corrected chi connectivity index (χ1v) is 6.69. The van der Waals surface area contributed by atoms with Crippen molar-refractivity contribution in [2.24, 2.45) is 5.10 Å². The maximum Gasteiger partial charge on any atom is 0.272 e. The normalized spacial score (nSPS) is 12.3. The molecule has 0 radical (unpaired) electrons. The number of nitrogens with zero attached hydrogens (tertiary/aromatic N) is 1. The third-order valence-electron chi connectivity index (χ3n) is 2.91. The minimum absolute atomic E-state index is 0.128. The summed E-state index contributed by atoms with van der Waals surface area (Å²) >= 11 is 5.94. The standard InChI is InChI=1S/C16H15ClN2O/c1-12(13-7-3-2-4-8-13)11-18-19-16(20)14-9-5-6-10-15(14)17/h2-12H,1H3,(H,19,20)/b18-11+/t12-/m0/s1. The van der Waals surface area contributed by atoms with Gasteiger partial charge in [0.2, 0.25) is 0 Å². The first kappa shape index (κ1) is 14.3. The van der Waals surface area contributed by atoms with Gasteiger partial charge in [-0.1, -0.05) is 61.0 Å². The molecular formula is C16H15ClN2O. The fourth-order valence-electron chi connectivity index (χ4n) is 1.76. The Labute approximate surface area is 123 Å². The van der Waals surface area contributed by atoms with Crippen molar-refractivity contribution < 1.29 is 4.79 Å². The van der Waals surface area contributed by atoms with Gasteiger partial charge in [0.15, 0.2) is 0 Å². The van der Waals surface area contributed by atoms with Crippen LogP contribution >= 0.6 is 11.6 Å². The van der Waals surface area contributed by atoms with E-state index in [1.807, 2.05) is 37.3 Å². The largest absolute Gasteiger partial charge is 0.272 e. The van der Waals surface area contributed by atoms with E-state index >= 15 is 0 Å². The van der Waals surface area contributed by atoms with Crippen LogP contribution in [0, 0.1) is 0 Å². The van der Waals surface area contributed by atoms with Crippen molar-refractivity contribution in [3.63, 3.8) is 0 Å². The monoisotopic (exact) mass is 286 g/mol. The summed E-state index contributed by atoms with van der Waals surface area (Å²) < 4.78 is 0. The molecule has 0 saturated carbocycles. The Kier molecular flexibility index (Phi) is 4.91. The summed E-state index contributed by atoms with van der Waals surface area (Å²) in [5, 5.41) is 4.40. The van der Waals surface area contributed by atoms with E-state index in [9.17, 15) is 4.79 Å². The van der Waals surface area contributed by atoms with E-state index in [0.717, 1.165) is 5.56 Å². The molecule has 1 amide bonds. The fourth-order valence-corrected chi connectivity index (χ4v) is 1.98. The predicted molar refractivity (Wildman–Crippen MR) is 82.3 cm³/mol. The quantitative estimate of drug-likeness (QED) is 0.673. The van der Waals surface area contributed by atoms with Crippen molar-refractivity contribution in [1.29, 1.82) is 0 Å². The number of hydrogen-bond acceptors (Lipinski definition) is 2.